The number of hydrogen-bond donors (Lipinski definition) is 1. The van der Waals surface area contributed by atoms with Gasteiger partial charge in [0.05, 0.1) is 17.6 Å². The van der Waals surface area contributed by atoms with E-state index in [0.717, 1.165) is 0 Å². The molecule has 8 heteroatoms. The molecule has 0 spiro atoms. The first-order valence-corrected chi connectivity index (χ1v) is 6.27. The van der Waals surface area contributed by atoms with E-state index in [0.29, 0.717) is 5.69 Å². The van der Waals surface area contributed by atoms with E-state index in [2.05, 4.69) is 4.98 Å². The number of pyridine rings is 1. The van der Waals surface area contributed by atoms with Gasteiger partial charge in [-0.25, -0.2) is 0 Å². The van der Waals surface area contributed by atoms with Gasteiger partial charge in [-0.1, -0.05) is 0 Å². The number of nitrogen functional groups attached to an aromatic ring is 1. The molecule has 1 saturated heterocycles. The van der Waals surface area contributed by atoms with E-state index in [1.54, 1.807) is 0 Å². The maximum absolute atomic E-state index is 12.8. The van der Waals surface area contributed by atoms with Crippen LogP contribution in [-0.4, -0.2) is 31.1 Å². The Hall–Kier alpha value is -1.70. The Morgan fingerprint density at radius 3 is 2.76 bits per heavy atom. The molecule has 1 unspecified atom stereocenters. The predicted octanol–water partition coefficient (Wildman–Crippen LogP) is 0.0684. The molecule has 2 rings (SSSR count). The Bertz CT molecular complexity index is 560. The van der Waals surface area contributed by atoms with Crippen LogP contribution in [0.15, 0.2) is 18.5 Å². The number of rotatable bonds is 2. The van der Waals surface area contributed by atoms with Crippen LogP contribution in [-0.2, 0) is 15.0 Å². The minimum Gasteiger partial charge on any atom is -0.396 e. The van der Waals surface area contributed by atoms with E-state index in [4.69, 9.17) is 5.73 Å². The summed E-state index contributed by atoms with van der Waals surface area (Å²) in [5.74, 6) is -0.464. The molecular formula is C9H10FN3O3S. The SMILES string of the molecule is Nc1cnccc1N1CC(S(=O)(=O)F)CC1=O. The number of aromatic nitrogens is 1. The molecule has 17 heavy (non-hydrogen) atoms. The van der Waals surface area contributed by atoms with Crippen LogP contribution in [0.5, 0.6) is 0 Å². The lowest BCUT2D eigenvalue weighted by Gasteiger charge is -2.17. The van der Waals surface area contributed by atoms with Gasteiger partial charge in [-0.2, -0.15) is 8.42 Å². The molecule has 0 aromatic carbocycles. The number of amides is 1. The van der Waals surface area contributed by atoms with E-state index in [1.165, 1.54) is 23.4 Å². The largest absolute Gasteiger partial charge is 0.396 e. The first kappa shape index (κ1) is 11.8. The van der Waals surface area contributed by atoms with Crippen molar-refractivity contribution >= 4 is 27.5 Å². The normalized spacial score (nSPS) is 20.9. The molecule has 1 amide bonds. The third-order valence-electron chi connectivity index (χ3n) is 2.61. The smallest absolute Gasteiger partial charge is 0.307 e. The fraction of sp³-hybridized carbons (Fsp3) is 0.333. The number of nitrogens with two attached hydrogens (primary N) is 1. The molecule has 1 atom stereocenters. The topological polar surface area (TPSA) is 93.4 Å². The molecule has 2 N–H and O–H groups in total. The van der Waals surface area contributed by atoms with Crippen molar-refractivity contribution in [2.45, 2.75) is 11.7 Å². The molecule has 1 aromatic heterocycles. The lowest BCUT2D eigenvalue weighted by molar-refractivity contribution is -0.117. The highest BCUT2D eigenvalue weighted by molar-refractivity contribution is 7.87. The summed E-state index contributed by atoms with van der Waals surface area (Å²) in [6.45, 7) is -0.216. The number of carbonyl (C=O) groups is 1. The third kappa shape index (κ3) is 2.21. The molecule has 0 saturated carbocycles. The van der Waals surface area contributed by atoms with Crippen molar-refractivity contribution in [3.05, 3.63) is 18.5 Å². The van der Waals surface area contributed by atoms with E-state index in [9.17, 15) is 17.1 Å². The van der Waals surface area contributed by atoms with Crippen molar-refractivity contribution in [1.82, 2.24) is 4.98 Å². The number of anilines is 2. The summed E-state index contributed by atoms with van der Waals surface area (Å²) in [4.78, 5) is 16.5. The molecule has 0 bridgehead atoms. The Morgan fingerprint density at radius 1 is 1.53 bits per heavy atom. The fourth-order valence-electron chi connectivity index (χ4n) is 1.74. The fourth-order valence-corrected chi connectivity index (χ4v) is 2.41. The summed E-state index contributed by atoms with van der Waals surface area (Å²) in [7, 11) is -4.71. The second-order valence-electron chi connectivity index (χ2n) is 3.74. The zero-order valence-electron chi connectivity index (χ0n) is 8.71. The maximum atomic E-state index is 12.8. The van der Waals surface area contributed by atoms with Gasteiger partial charge in [0.15, 0.2) is 0 Å². The summed E-state index contributed by atoms with van der Waals surface area (Å²) in [5, 5.41) is -1.32. The van der Waals surface area contributed by atoms with Crippen LogP contribution in [0.2, 0.25) is 0 Å². The van der Waals surface area contributed by atoms with Gasteiger partial charge in [-0.15, -0.1) is 3.89 Å². The lowest BCUT2D eigenvalue weighted by atomic mass is 10.3. The van der Waals surface area contributed by atoms with Gasteiger partial charge in [0.25, 0.3) is 0 Å². The number of carbonyl (C=O) groups excluding carboxylic acids is 1. The van der Waals surface area contributed by atoms with Crippen LogP contribution in [0.25, 0.3) is 0 Å². The second-order valence-corrected chi connectivity index (χ2v) is 5.36. The quantitative estimate of drug-likeness (QED) is 0.758. The van der Waals surface area contributed by atoms with Crippen molar-refractivity contribution in [3.63, 3.8) is 0 Å². The van der Waals surface area contributed by atoms with Crippen molar-refractivity contribution in [1.29, 1.82) is 0 Å². The predicted molar refractivity (Wildman–Crippen MR) is 59.4 cm³/mol. The molecule has 92 valence electrons. The van der Waals surface area contributed by atoms with Crippen molar-refractivity contribution in [3.8, 4) is 0 Å². The van der Waals surface area contributed by atoms with Crippen LogP contribution < -0.4 is 10.6 Å². The van der Waals surface area contributed by atoms with E-state index < -0.39 is 21.4 Å². The van der Waals surface area contributed by atoms with E-state index in [-0.39, 0.29) is 18.7 Å². The highest BCUT2D eigenvalue weighted by Gasteiger charge is 2.39. The highest BCUT2D eigenvalue weighted by Crippen LogP contribution is 2.29. The van der Waals surface area contributed by atoms with E-state index >= 15 is 0 Å². The van der Waals surface area contributed by atoms with Gasteiger partial charge in [-0.3, -0.25) is 9.78 Å². The van der Waals surface area contributed by atoms with Crippen molar-refractivity contribution < 1.29 is 17.1 Å². The molecule has 1 aromatic rings. The van der Waals surface area contributed by atoms with Crippen LogP contribution in [0.4, 0.5) is 15.3 Å². The molecule has 1 aliphatic heterocycles. The summed E-state index contributed by atoms with van der Waals surface area (Å²) in [6.07, 6.45) is 2.41. The highest BCUT2D eigenvalue weighted by atomic mass is 32.3. The Kier molecular flexibility index (Phi) is 2.74. The number of halogens is 1. The second kappa shape index (κ2) is 3.95. The molecule has 0 radical (unpaired) electrons. The Morgan fingerprint density at radius 2 is 2.24 bits per heavy atom. The average Bonchev–Trinajstić information content (AvgIpc) is 2.61. The molecule has 0 aliphatic carbocycles. The summed E-state index contributed by atoms with van der Waals surface area (Å²) in [6, 6.07) is 1.49. The van der Waals surface area contributed by atoms with Crippen molar-refractivity contribution in [2.75, 3.05) is 17.2 Å². The first-order chi connectivity index (χ1) is 7.89. The minimum atomic E-state index is -4.71. The first-order valence-electron chi connectivity index (χ1n) is 4.83. The average molecular weight is 259 g/mol. The molecule has 6 nitrogen and oxygen atoms in total. The van der Waals surface area contributed by atoms with Crippen LogP contribution in [0.3, 0.4) is 0 Å². The third-order valence-corrected chi connectivity index (χ3v) is 3.72. The van der Waals surface area contributed by atoms with E-state index in [1.807, 2.05) is 0 Å². The molecule has 1 aliphatic rings. The van der Waals surface area contributed by atoms with Gasteiger partial charge in [0, 0.05) is 19.2 Å². The Labute approximate surface area is 97.5 Å². The summed E-state index contributed by atoms with van der Waals surface area (Å²) < 4.78 is 34.3. The molecule has 2 heterocycles. The summed E-state index contributed by atoms with van der Waals surface area (Å²) >= 11 is 0. The Balaban J connectivity index is 2.31. The number of nitrogens with zero attached hydrogens (tertiary/aromatic N) is 2. The van der Waals surface area contributed by atoms with Gasteiger partial charge in [0.1, 0.15) is 5.25 Å². The van der Waals surface area contributed by atoms with Crippen LogP contribution in [0, 0.1) is 0 Å². The maximum Gasteiger partial charge on any atom is 0.307 e. The zero-order chi connectivity index (χ0) is 12.6. The number of hydrogen-bond acceptors (Lipinski definition) is 5. The monoisotopic (exact) mass is 259 g/mol. The standard InChI is InChI=1S/C9H10FN3O3S/c10-17(15,16)6-3-9(14)13(5-6)8-1-2-12-4-7(8)11/h1-2,4,6H,3,5,11H2. The van der Waals surface area contributed by atoms with Gasteiger partial charge < -0.3 is 10.6 Å². The lowest BCUT2D eigenvalue weighted by Crippen LogP contribution is -2.27. The minimum absolute atomic E-state index is 0.216. The van der Waals surface area contributed by atoms with Gasteiger partial charge in [-0.05, 0) is 6.07 Å². The molecular weight excluding hydrogens is 249 g/mol. The van der Waals surface area contributed by atoms with Gasteiger partial charge >= 0.3 is 10.2 Å². The molecule has 1 fully saturated rings. The van der Waals surface area contributed by atoms with Crippen LogP contribution in [0.1, 0.15) is 6.42 Å². The van der Waals surface area contributed by atoms with Crippen molar-refractivity contribution in [2.24, 2.45) is 0 Å². The van der Waals surface area contributed by atoms with Crippen LogP contribution >= 0.6 is 0 Å². The zero-order valence-corrected chi connectivity index (χ0v) is 9.52. The van der Waals surface area contributed by atoms with Gasteiger partial charge in [0.2, 0.25) is 5.91 Å². The summed E-state index contributed by atoms with van der Waals surface area (Å²) in [5.41, 5.74) is 6.22.